The predicted molar refractivity (Wildman–Crippen MR) is 73.9 cm³/mol. The number of halogens is 6. The van der Waals surface area contributed by atoms with Gasteiger partial charge in [-0.15, -0.1) is 0 Å². The second-order valence-electron chi connectivity index (χ2n) is 5.72. The molecule has 0 bridgehead atoms. The van der Waals surface area contributed by atoms with Crippen LogP contribution in [-0.4, -0.2) is 23.7 Å². The smallest absolute Gasteiger partial charge is 0.324 e. The molecule has 0 aliphatic carbocycles. The molecule has 1 aliphatic rings. The van der Waals surface area contributed by atoms with Gasteiger partial charge in [0.25, 0.3) is 0 Å². The van der Waals surface area contributed by atoms with E-state index in [0.717, 1.165) is 12.1 Å². The van der Waals surface area contributed by atoms with Crippen molar-refractivity contribution in [3.8, 4) is 6.07 Å². The summed E-state index contributed by atoms with van der Waals surface area (Å²) in [4.78, 5) is 12.2. The Morgan fingerprint density at radius 3 is 2.44 bits per heavy atom. The van der Waals surface area contributed by atoms with Crippen molar-refractivity contribution in [2.24, 2.45) is 0 Å². The zero-order valence-corrected chi connectivity index (χ0v) is 12.6. The van der Waals surface area contributed by atoms with E-state index in [0.29, 0.717) is 6.07 Å². The van der Waals surface area contributed by atoms with Crippen molar-refractivity contribution >= 4 is 11.6 Å². The first kappa shape index (κ1) is 19.0. The summed E-state index contributed by atoms with van der Waals surface area (Å²) in [7, 11) is 0. The largest absolute Gasteiger partial charge is 0.417 e. The van der Waals surface area contributed by atoms with Gasteiger partial charge in [-0.2, -0.15) is 31.6 Å². The fourth-order valence-corrected chi connectivity index (χ4v) is 2.33. The molecule has 11 heteroatoms. The van der Waals surface area contributed by atoms with Crippen LogP contribution in [0.25, 0.3) is 0 Å². The van der Waals surface area contributed by atoms with Gasteiger partial charge in [0.2, 0.25) is 5.91 Å². The molecule has 25 heavy (non-hydrogen) atoms. The first-order valence-corrected chi connectivity index (χ1v) is 6.89. The van der Waals surface area contributed by atoms with Gasteiger partial charge in [0.15, 0.2) is 0 Å². The molecule has 1 heterocycles. The maximum absolute atomic E-state index is 12.9. The van der Waals surface area contributed by atoms with Gasteiger partial charge in [0.05, 0.1) is 17.2 Å². The Kier molecular flexibility index (Phi) is 4.71. The van der Waals surface area contributed by atoms with Gasteiger partial charge in [0.1, 0.15) is 11.6 Å². The number of alkyl halides is 6. The molecular formula is C14H12F6N4O. The summed E-state index contributed by atoms with van der Waals surface area (Å²) in [5.74, 6) is -0.940. The maximum atomic E-state index is 12.9. The number of carbonyl (C=O) groups is 1. The zero-order chi connectivity index (χ0) is 19.0. The summed E-state index contributed by atoms with van der Waals surface area (Å²) < 4.78 is 76.7. The molecule has 1 aromatic rings. The maximum Gasteiger partial charge on any atom is 0.417 e. The highest BCUT2D eigenvalue weighted by Crippen LogP contribution is 2.34. The Hall–Kier alpha value is -2.32. The number of nitrogens with zero attached hydrogens (tertiary/aromatic N) is 1. The fourth-order valence-electron chi connectivity index (χ4n) is 2.33. The molecule has 3 N–H and O–H groups in total. The van der Waals surface area contributed by atoms with Crippen LogP contribution >= 0.6 is 0 Å². The SMILES string of the molecule is C[C@]1(C(=O)Nc2ccc(C#N)c(C(F)(F)F)c2)CC(C(F)(F)F)NN1. The number of amides is 1. The molecule has 0 radical (unpaired) electrons. The molecule has 1 saturated heterocycles. The van der Waals surface area contributed by atoms with E-state index in [1.54, 1.807) is 0 Å². The van der Waals surface area contributed by atoms with Gasteiger partial charge in [-0.3, -0.25) is 4.79 Å². The number of anilines is 1. The summed E-state index contributed by atoms with van der Waals surface area (Å²) >= 11 is 0. The van der Waals surface area contributed by atoms with E-state index in [1.807, 2.05) is 5.43 Å². The summed E-state index contributed by atoms with van der Waals surface area (Å²) in [6.07, 6.45) is -10.0. The van der Waals surface area contributed by atoms with Crippen molar-refractivity contribution in [2.45, 2.75) is 37.3 Å². The normalized spacial score (nSPS) is 24.0. The van der Waals surface area contributed by atoms with Crippen molar-refractivity contribution in [2.75, 3.05) is 5.32 Å². The van der Waals surface area contributed by atoms with Crippen LogP contribution in [0.5, 0.6) is 0 Å². The highest BCUT2D eigenvalue weighted by atomic mass is 19.4. The average Bonchev–Trinajstić information content (AvgIpc) is 2.90. The van der Waals surface area contributed by atoms with E-state index >= 15 is 0 Å². The number of hydrogen-bond acceptors (Lipinski definition) is 4. The summed E-state index contributed by atoms with van der Waals surface area (Å²) in [6, 6.07) is 1.93. The van der Waals surface area contributed by atoms with E-state index < -0.39 is 47.4 Å². The van der Waals surface area contributed by atoms with E-state index in [-0.39, 0.29) is 5.69 Å². The molecule has 1 aromatic carbocycles. The van der Waals surface area contributed by atoms with Gasteiger partial charge >= 0.3 is 12.4 Å². The lowest BCUT2D eigenvalue weighted by molar-refractivity contribution is -0.153. The number of nitriles is 1. The van der Waals surface area contributed by atoms with Gasteiger partial charge in [0, 0.05) is 12.1 Å². The second-order valence-corrected chi connectivity index (χ2v) is 5.72. The minimum Gasteiger partial charge on any atom is -0.324 e. The second kappa shape index (κ2) is 6.20. The van der Waals surface area contributed by atoms with E-state index in [9.17, 15) is 31.1 Å². The van der Waals surface area contributed by atoms with Gasteiger partial charge < -0.3 is 5.32 Å². The van der Waals surface area contributed by atoms with Crippen molar-refractivity contribution in [1.82, 2.24) is 10.9 Å². The molecule has 1 aliphatic heterocycles. The van der Waals surface area contributed by atoms with Crippen LogP contribution in [-0.2, 0) is 11.0 Å². The van der Waals surface area contributed by atoms with Crippen molar-refractivity contribution in [3.63, 3.8) is 0 Å². The van der Waals surface area contributed by atoms with Crippen molar-refractivity contribution in [3.05, 3.63) is 29.3 Å². The number of hydrazine groups is 1. The Morgan fingerprint density at radius 2 is 1.96 bits per heavy atom. The highest BCUT2D eigenvalue weighted by Gasteiger charge is 2.51. The summed E-state index contributed by atoms with van der Waals surface area (Å²) in [5.41, 5.74) is 0.336. The van der Waals surface area contributed by atoms with E-state index in [2.05, 4.69) is 10.7 Å². The first-order valence-electron chi connectivity index (χ1n) is 6.89. The monoisotopic (exact) mass is 366 g/mol. The third-order valence-corrected chi connectivity index (χ3v) is 3.73. The first-order chi connectivity index (χ1) is 11.4. The van der Waals surface area contributed by atoms with E-state index in [4.69, 9.17) is 5.26 Å². The number of benzene rings is 1. The molecule has 0 aromatic heterocycles. The van der Waals surface area contributed by atoms with Crippen LogP contribution in [0.3, 0.4) is 0 Å². The number of nitrogens with one attached hydrogen (secondary N) is 3. The molecule has 1 unspecified atom stereocenters. The third-order valence-electron chi connectivity index (χ3n) is 3.73. The molecule has 0 saturated carbocycles. The van der Waals surface area contributed by atoms with Gasteiger partial charge in [-0.1, -0.05) is 0 Å². The molecule has 5 nitrogen and oxygen atoms in total. The number of carbonyl (C=O) groups excluding carboxylic acids is 1. The molecule has 1 fully saturated rings. The van der Waals surface area contributed by atoms with E-state index in [1.165, 1.54) is 13.0 Å². The lowest BCUT2D eigenvalue weighted by atomic mass is 9.95. The van der Waals surface area contributed by atoms with Crippen LogP contribution in [0.15, 0.2) is 18.2 Å². The lowest BCUT2D eigenvalue weighted by Crippen LogP contribution is -2.51. The predicted octanol–water partition coefficient (Wildman–Crippen LogP) is 2.70. The highest BCUT2D eigenvalue weighted by molar-refractivity contribution is 5.98. The van der Waals surface area contributed by atoms with Crippen molar-refractivity contribution in [1.29, 1.82) is 5.26 Å². The van der Waals surface area contributed by atoms with Crippen LogP contribution in [0.2, 0.25) is 0 Å². The minimum absolute atomic E-state index is 0.283. The molecule has 2 rings (SSSR count). The summed E-state index contributed by atoms with van der Waals surface area (Å²) in [6.45, 7) is 1.19. The fraction of sp³-hybridized carbons (Fsp3) is 0.429. The zero-order valence-electron chi connectivity index (χ0n) is 12.6. The summed E-state index contributed by atoms with van der Waals surface area (Å²) in [5, 5.41) is 10.9. The molecule has 1 amide bonds. The lowest BCUT2D eigenvalue weighted by Gasteiger charge is -2.23. The van der Waals surface area contributed by atoms with Gasteiger partial charge in [-0.25, -0.2) is 10.9 Å². The van der Waals surface area contributed by atoms with Crippen molar-refractivity contribution < 1.29 is 31.1 Å². The Bertz CT molecular complexity index is 724. The van der Waals surface area contributed by atoms with Crippen LogP contribution in [0, 0.1) is 11.3 Å². The molecule has 2 atom stereocenters. The number of hydrogen-bond donors (Lipinski definition) is 3. The van der Waals surface area contributed by atoms with Crippen LogP contribution in [0.1, 0.15) is 24.5 Å². The average molecular weight is 366 g/mol. The number of rotatable bonds is 2. The van der Waals surface area contributed by atoms with Crippen LogP contribution in [0.4, 0.5) is 32.0 Å². The topological polar surface area (TPSA) is 77.0 Å². The van der Waals surface area contributed by atoms with Gasteiger partial charge in [-0.05, 0) is 25.1 Å². The Morgan fingerprint density at radius 1 is 1.32 bits per heavy atom. The third kappa shape index (κ3) is 4.02. The minimum atomic E-state index is -4.82. The van der Waals surface area contributed by atoms with Crippen LogP contribution < -0.4 is 16.2 Å². The Balaban J connectivity index is 2.20. The Labute approximate surface area is 138 Å². The molecule has 136 valence electrons. The molecule has 0 spiro atoms. The molecular weight excluding hydrogens is 354 g/mol. The quantitative estimate of drug-likeness (QED) is 0.704. The standard InChI is InChI=1S/C14H12F6N4O/c1-12(5-10(23-24-12)14(18,19)20)11(25)22-8-3-2-7(6-21)9(4-8)13(15,16)17/h2-4,10,23-24H,5H2,1H3,(H,22,25)/t10?,12-/m1/s1.